The van der Waals surface area contributed by atoms with Crippen LogP contribution in [0.4, 0.5) is 10.2 Å². The molecule has 3 rings (SSSR count). The summed E-state index contributed by atoms with van der Waals surface area (Å²) in [5, 5.41) is 0. The average molecular weight is 370 g/mol. The number of carbonyl (C=O) groups excluding carboxylic acids is 1. The fourth-order valence-corrected chi connectivity index (χ4v) is 3.13. The summed E-state index contributed by atoms with van der Waals surface area (Å²) in [5.74, 6) is 1.63. The van der Waals surface area contributed by atoms with Crippen molar-refractivity contribution >= 4 is 11.7 Å². The predicted octanol–water partition coefficient (Wildman–Crippen LogP) is 3.82. The zero-order valence-electron chi connectivity index (χ0n) is 16.4. The molecular formula is C21H27FN4O. The topological polar surface area (TPSA) is 49.3 Å². The van der Waals surface area contributed by atoms with Gasteiger partial charge >= 0.3 is 0 Å². The van der Waals surface area contributed by atoms with E-state index in [2.05, 4.69) is 37.6 Å². The summed E-state index contributed by atoms with van der Waals surface area (Å²) in [6.45, 7) is 10.9. The third kappa shape index (κ3) is 4.26. The van der Waals surface area contributed by atoms with Crippen LogP contribution in [0.2, 0.25) is 0 Å². The fraction of sp³-hybridized carbons (Fsp3) is 0.476. The molecule has 0 saturated carbocycles. The molecule has 0 N–H and O–H groups in total. The van der Waals surface area contributed by atoms with Crippen LogP contribution < -0.4 is 4.90 Å². The standard InChI is InChI=1S/C21H27FN4O/c1-14(2)18-13-19(24-20(23-18)15(3)4)25-9-11-26(12-10-25)21(27)16-7-5-6-8-17(16)22/h5-8,13-15H,9-12H2,1-4H3. The Labute approximate surface area is 160 Å². The summed E-state index contributed by atoms with van der Waals surface area (Å²) >= 11 is 0. The highest BCUT2D eigenvalue weighted by molar-refractivity contribution is 5.94. The molecule has 0 atom stereocenters. The number of hydrogen-bond donors (Lipinski definition) is 0. The van der Waals surface area contributed by atoms with Crippen LogP contribution in [0.3, 0.4) is 0 Å². The van der Waals surface area contributed by atoms with E-state index in [4.69, 9.17) is 4.98 Å². The van der Waals surface area contributed by atoms with Gasteiger partial charge < -0.3 is 9.80 Å². The van der Waals surface area contributed by atoms with E-state index in [1.807, 2.05) is 6.07 Å². The molecule has 6 heteroatoms. The van der Waals surface area contributed by atoms with Crippen LogP contribution >= 0.6 is 0 Å². The van der Waals surface area contributed by atoms with Crippen molar-refractivity contribution in [3.05, 3.63) is 53.2 Å². The first-order valence-electron chi connectivity index (χ1n) is 9.54. The van der Waals surface area contributed by atoms with Crippen LogP contribution in [0.15, 0.2) is 30.3 Å². The van der Waals surface area contributed by atoms with E-state index >= 15 is 0 Å². The smallest absolute Gasteiger partial charge is 0.256 e. The Morgan fingerprint density at radius 3 is 2.26 bits per heavy atom. The van der Waals surface area contributed by atoms with Crippen LogP contribution in [0.1, 0.15) is 61.4 Å². The molecule has 27 heavy (non-hydrogen) atoms. The van der Waals surface area contributed by atoms with Crippen LogP contribution in [-0.4, -0.2) is 47.0 Å². The Morgan fingerprint density at radius 1 is 1.00 bits per heavy atom. The lowest BCUT2D eigenvalue weighted by Gasteiger charge is -2.36. The summed E-state index contributed by atoms with van der Waals surface area (Å²) in [5.41, 5.74) is 1.17. The number of piperazine rings is 1. The molecule has 1 aliphatic heterocycles. The van der Waals surface area contributed by atoms with Crippen molar-refractivity contribution in [2.75, 3.05) is 31.1 Å². The molecule has 0 unspecified atom stereocenters. The first-order chi connectivity index (χ1) is 12.9. The van der Waals surface area contributed by atoms with E-state index in [-0.39, 0.29) is 17.4 Å². The van der Waals surface area contributed by atoms with Crippen molar-refractivity contribution in [1.82, 2.24) is 14.9 Å². The summed E-state index contributed by atoms with van der Waals surface area (Å²) < 4.78 is 13.9. The van der Waals surface area contributed by atoms with Gasteiger partial charge in [-0.15, -0.1) is 0 Å². The lowest BCUT2D eigenvalue weighted by atomic mass is 10.1. The van der Waals surface area contributed by atoms with Gasteiger partial charge in [0.15, 0.2) is 0 Å². The maximum Gasteiger partial charge on any atom is 0.256 e. The number of benzene rings is 1. The summed E-state index contributed by atoms with van der Waals surface area (Å²) in [6.07, 6.45) is 0. The number of aromatic nitrogens is 2. The molecule has 0 aliphatic carbocycles. The maximum absolute atomic E-state index is 13.9. The number of hydrogen-bond acceptors (Lipinski definition) is 4. The molecule has 1 aliphatic rings. The van der Waals surface area contributed by atoms with Crippen LogP contribution in [-0.2, 0) is 0 Å². The van der Waals surface area contributed by atoms with E-state index in [1.165, 1.54) is 12.1 Å². The second-order valence-electron chi connectivity index (χ2n) is 7.58. The second-order valence-corrected chi connectivity index (χ2v) is 7.58. The number of amides is 1. The van der Waals surface area contributed by atoms with Crippen molar-refractivity contribution in [1.29, 1.82) is 0 Å². The predicted molar refractivity (Wildman–Crippen MR) is 105 cm³/mol. The largest absolute Gasteiger partial charge is 0.353 e. The zero-order chi connectivity index (χ0) is 19.6. The van der Waals surface area contributed by atoms with Crippen LogP contribution in [0, 0.1) is 5.82 Å². The van der Waals surface area contributed by atoms with Gasteiger partial charge in [-0.25, -0.2) is 14.4 Å². The minimum atomic E-state index is -0.469. The second kappa shape index (κ2) is 8.03. The molecule has 1 saturated heterocycles. The van der Waals surface area contributed by atoms with Gasteiger partial charge in [-0.3, -0.25) is 4.79 Å². The Bertz CT molecular complexity index is 787. The molecule has 0 radical (unpaired) electrons. The Morgan fingerprint density at radius 2 is 1.67 bits per heavy atom. The Hall–Kier alpha value is -2.50. The fourth-order valence-electron chi connectivity index (χ4n) is 3.13. The minimum absolute atomic E-state index is 0.136. The number of halogens is 1. The van der Waals surface area contributed by atoms with Crippen molar-refractivity contribution in [2.45, 2.75) is 39.5 Å². The Kier molecular flexibility index (Phi) is 5.73. The molecule has 0 spiro atoms. The SMILES string of the molecule is CC(C)c1cc(N2CCN(C(=O)c3ccccc3F)CC2)nc(C(C)C)n1. The van der Waals surface area contributed by atoms with Gasteiger partial charge in [-0.2, -0.15) is 0 Å². The van der Waals surface area contributed by atoms with Gasteiger partial charge in [0.25, 0.3) is 5.91 Å². The van der Waals surface area contributed by atoms with Crippen molar-refractivity contribution in [3.8, 4) is 0 Å². The minimum Gasteiger partial charge on any atom is -0.353 e. The summed E-state index contributed by atoms with van der Waals surface area (Å²) in [4.78, 5) is 25.9. The number of anilines is 1. The van der Waals surface area contributed by atoms with E-state index in [0.29, 0.717) is 32.1 Å². The lowest BCUT2D eigenvalue weighted by molar-refractivity contribution is 0.0742. The van der Waals surface area contributed by atoms with E-state index in [9.17, 15) is 9.18 Å². The molecule has 1 aromatic heterocycles. The van der Waals surface area contributed by atoms with E-state index < -0.39 is 5.82 Å². The highest BCUT2D eigenvalue weighted by atomic mass is 19.1. The third-order valence-electron chi connectivity index (χ3n) is 4.85. The molecule has 1 aromatic carbocycles. The average Bonchev–Trinajstić information content (AvgIpc) is 2.67. The molecule has 5 nitrogen and oxygen atoms in total. The molecule has 2 aromatic rings. The van der Waals surface area contributed by atoms with Gasteiger partial charge in [0.05, 0.1) is 5.56 Å². The van der Waals surface area contributed by atoms with Gasteiger partial charge in [0.1, 0.15) is 17.5 Å². The van der Waals surface area contributed by atoms with Gasteiger partial charge in [0.2, 0.25) is 0 Å². The van der Waals surface area contributed by atoms with Crippen LogP contribution in [0.5, 0.6) is 0 Å². The maximum atomic E-state index is 13.9. The van der Waals surface area contributed by atoms with Crippen molar-refractivity contribution in [2.24, 2.45) is 0 Å². The monoisotopic (exact) mass is 370 g/mol. The molecule has 1 fully saturated rings. The van der Waals surface area contributed by atoms with E-state index in [0.717, 1.165) is 17.3 Å². The lowest BCUT2D eigenvalue weighted by Crippen LogP contribution is -2.49. The van der Waals surface area contributed by atoms with Crippen LogP contribution in [0.25, 0.3) is 0 Å². The highest BCUT2D eigenvalue weighted by Gasteiger charge is 2.25. The van der Waals surface area contributed by atoms with E-state index in [1.54, 1.807) is 17.0 Å². The number of rotatable bonds is 4. The van der Waals surface area contributed by atoms with Crippen molar-refractivity contribution < 1.29 is 9.18 Å². The molecule has 144 valence electrons. The summed E-state index contributed by atoms with van der Waals surface area (Å²) in [6, 6.07) is 8.19. The molecule has 2 heterocycles. The molecule has 0 bridgehead atoms. The Balaban J connectivity index is 1.74. The number of nitrogens with zero attached hydrogens (tertiary/aromatic N) is 4. The van der Waals surface area contributed by atoms with Crippen molar-refractivity contribution in [3.63, 3.8) is 0 Å². The normalized spacial score (nSPS) is 14.9. The zero-order valence-corrected chi connectivity index (χ0v) is 16.4. The van der Waals surface area contributed by atoms with Gasteiger partial charge in [-0.05, 0) is 18.1 Å². The third-order valence-corrected chi connectivity index (χ3v) is 4.85. The van der Waals surface area contributed by atoms with Gasteiger partial charge in [-0.1, -0.05) is 39.8 Å². The van der Waals surface area contributed by atoms with Gasteiger partial charge in [0, 0.05) is 43.9 Å². The molecule has 1 amide bonds. The first-order valence-corrected chi connectivity index (χ1v) is 9.54. The quantitative estimate of drug-likeness (QED) is 0.821. The number of carbonyl (C=O) groups is 1. The summed E-state index contributed by atoms with van der Waals surface area (Å²) in [7, 11) is 0. The molecular weight excluding hydrogens is 343 g/mol. The first kappa shape index (κ1) is 19.3. The highest BCUT2D eigenvalue weighted by Crippen LogP contribution is 2.23.